The van der Waals surface area contributed by atoms with Crippen molar-refractivity contribution >= 4 is 0 Å². The largest absolute Gasteiger partial charge is 0.240 e. The zero-order valence-electron chi connectivity index (χ0n) is 7.39. The summed E-state index contributed by atoms with van der Waals surface area (Å²) >= 11 is 0. The third kappa shape index (κ3) is 2.35. The van der Waals surface area contributed by atoms with Gasteiger partial charge in [-0.1, -0.05) is 29.3 Å². The average molecular weight is 148 g/mol. The molecule has 0 aliphatic carbocycles. The van der Waals surface area contributed by atoms with Gasteiger partial charge in [-0.2, -0.15) is 0 Å². The Balaban J connectivity index is 2.89. The van der Waals surface area contributed by atoms with E-state index in [4.69, 9.17) is 0 Å². The second kappa shape index (κ2) is 3.54. The van der Waals surface area contributed by atoms with Crippen LogP contribution in [0, 0.1) is 13.8 Å². The second-order valence-corrected chi connectivity index (χ2v) is 2.97. The van der Waals surface area contributed by atoms with Gasteiger partial charge in [0.05, 0.1) is 0 Å². The molecule has 0 saturated heterocycles. The van der Waals surface area contributed by atoms with Crippen LogP contribution in [-0.4, -0.2) is 7.05 Å². The van der Waals surface area contributed by atoms with Crippen molar-refractivity contribution in [2.75, 3.05) is 7.05 Å². The van der Waals surface area contributed by atoms with E-state index in [0.29, 0.717) is 0 Å². The number of hydrogen-bond donors (Lipinski definition) is 0. The van der Waals surface area contributed by atoms with Crippen LogP contribution in [0.1, 0.15) is 16.7 Å². The number of hydrogen-bond acceptors (Lipinski definition) is 0. The Hall–Kier alpha value is -0.820. The summed E-state index contributed by atoms with van der Waals surface area (Å²) in [6.45, 7) is 5.07. The van der Waals surface area contributed by atoms with Crippen LogP contribution in [0.25, 0.3) is 0 Å². The topological polar surface area (TPSA) is 14.1 Å². The smallest absolute Gasteiger partial charge is 0.0381 e. The molecule has 0 aliphatic rings. The van der Waals surface area contributed by atoms with Gasteiger partial charge in [-0.15, -0.1) is 0 Å². The summed E-state index contributed by atoms with van der Waals surface area (Å²) in [4.78, 5) is 0. The Bertz CT molecular complexity index is 220. The Morgan fingerprint density at radius 3 is 2.09 bits per heavy atom. The molecule has 11 heavy (non-hydrogen) atoms. The predicted octanol–water partition coefficient (Wildman–Crippen LogP) is 2.04. The SMILES string of the molecule is C[N]Cc1cc(C)cc(C)c1. The molecule has 0 atom stereocenters. The molecule has 1 radical (unpaired) electrons. The third-order valence-corrected chi connectivity index (χ3v) is 1.62. The van der Waals surface area contributed by atoms with Crippen molar-refractivity contribution in [3.8, 4) is 0 Å². The van der Waals surface area contributed by atoms with Gasteiger partial charge in [-0.05, 0) is 19.4 Å². The van der Waals surface area contributed by atoms with Crippen molar-refractivity contribution in [2.24, 2.45) is 0 Å². The van der Waals surface area contributed by atoms with Gasteiger partial charge in [0.25, 0.3) is 0 Å². The van der Waals surface area contributed by atoms with E-state index in [1.807, 2.05) is 7.05 Å². The van der Waals surface area contributed by atoms with Gasteiger partial charge in [-0.25, -0.2) is 5.32 Å². The van der Waals surface area contributed by atoms with Crippen LogP contribution in [-0.2, 0) is 6.54 Å². The van der Waals surface area contributed by atoms with Gasteiger partial charge < -0.3 is 0 Å². The van der Waals surface area contributed by atoms with Crippen molar-refractivity contribution in [3.63, 3.8) is 0 Å². The summed E-state index contributed by atoms with van der Waals surface area (Å²) in [6, 6.07) is 6.54. The number of aryl methyl sites for hydroxylation is 2. The fraction of sp³-hybridized carbons (Fsp3) is 0.400. The van der Waals surface area contributed by atoms with Crippen LogP contribution >= 0.6 is 0 Å². The lowest BCUT2D eigenvalue weighted by Gasteiger charge is -2.02. The fourth-order valence-electron chi connectivity index (χ4n) is 1.34. The molecule has 0 N–H and O–H groups in total. The first-order valence-electron chi connectivity index (χ1n) is 3.85. The molecule has 1 heteroatoms. The van der Waals surface area contributed by atoms with Crippen LogP contribution in [0.4, 0.5) is 0 Å². The van der Waals surface area contributed by atoms with Gasteiger partial charge in [0.1, 0.15) is 0 Å². The molecular weight excluding hydrogens is 134 g/mol. The highest BCUT2D eigenvalue weighted by Crippen LogP contribution is 2.08. The van der Waals surface area contributed by atoms with E-state index in [2.05, 4.69) is 37.4 Å². The average Bonchev–Trinajstić information content (AvgIpc) is 1.85. The van der Waals surface area contributed by atoms with E-state index < -0.39 is 0 Å². The van der Waals surface area contributed by atoms with Crippen molar-refractivity contribution in [2.45, 2.75) is 20.4 Å². The summed E-state index contributed by atoms with van der Waals surface area (Å²) in [7, 11) is 1.84. The molecule has 0 aliphatic heterocycles. The Morgan fingerprint density at radius 1 is 1.09 bits per heavy atom. The van der Waals surface area contributed by atoms with E-state index >= 15 is 0 Å². The molecule has 0 spiro atoms. The molecule has 59 valence electrons. The highest BCUT2D eigenvalue weighted by atomic mass is 14.8. The molecular formula is C10H14N. The van der Waals surface area contributed by atoms with Crippen molar-refractivity contribution in [1.82, 2.24) is 5.32 Å². The van der Waals surface area contributed by atoms with Crippen molar-refractivity contribution < 1.29 is 0 Å². The van der Waals surface area contributed by atoms with E-state index in [9.17, 15) is 0 Å². The first kappa shape index (κ1) is 8.28. The van der Waals surface area contributed by atoms with Crippen molar-refractivity contribution in [1.29, 1.82) is 0 Å². The Morgan fingerprint density at radius 2 is 1.64 bits per heavy atom. The lowest BCUT2D eigenvalue weighted by Crippen LogP contribution is -1.97. The molecule has 0 saturated carbocycles. The molecule has 0 amide bonds. The summed E-state index contributed by atoms with van der Waals surface area (Å²) in [6.07, 6.45) is 0. The van der Waals surface area contributed by atoms with E-state index in [1.54, 1.807) is 0 Å². The molecule has 0 bridgehead atoms. The van der Waals surface area contributed by atoms with E-state index in [0.717, 1.165) is 6.54 Å². The summed E-state index contributed by atoms with van der Waals surface area (Å²) in [5.41, 5.74) is 3.96. The van der Waals surface area contributed by atoms with Gasteiger partial charge in [0.2, 0.25) is 0 Å². The predicted molar refractivity (Wildman–Crippen MR) is 47.7 cm³/mol. The van der Waals surface area contributed by atoms with E-state index in [1.165, 1.54) is 16.7 Å². The molecule has 0 aromatic heterocycles. The minimum Gasteiger partial charge on any atom is -0.240 e. The number of nitrogens with zero attached hydrogens (tertiary/aromatic N) is 1. The standard InChI is InChI=1S/C10H14N/c1-8-4-9(2)6-10(5-8)7-11-3/h4-6H,7H2,1-3H3. The van der Waals surface area contributed by atoms with Crippen LogP contribution in [0.5, 0.6) is 0 Å². The molecule has 1 aromatic rings. The molecule has 0 fully saturated rings. The minimum atomic E-state index is 0.836. The number of benzene rings is 1. The second-order valence-electron chi connectivity index (χ2n) is 2.97. The van der Waals surface area contributed by atoms with Gasteiger partial charge in [0, 0.05) is 13.6 Å². The highest BCUT2D eigenvalue weighted by molar-refractivity contribution is 5.28. The maximum Gasteiger partial charge on any atom is 0.0381 e. The zero-order chi connectivity index (χ0) is 8.27. The molecule has 0 heterocycles. The fourth-order valence-corrected chi connectivity index (χ4v) is 1.34. The van der Waals surface area contributed by atoms with Gasteiger partial charge in [-0.3, -0.25) is 0 Å². The monoisotopic (exact) mass is 148 g/mol. The normalized spacial score (nSPS) is 10.1. The summed E-state index contributed by atoms with van der Waals surface area (Å²) in [5.74, 6) is 0. The minimum absolute atomic E-state index is 0.836. The van der Waals surface area contributed by atoms with Crippen LogP contribution in [0.15, 0.2) is 18.2 Å². The maximum absolute atomic E-state index is 4.09. The molecule has 0 unspecified atom stereocenters. The first-order valence-corrected chi connectivity index (χ1v) is 3.85. The maximum atomic E-state index is 4.09. The Labute approximate surface area is 68.4 Å². The lowest BCUT2D eigenvalue weighted by atomic mass is 10.1. The third-order valence-electron chi connectivity index (χ3n) is 1.62. The van der Waals surface area contributed by atoms with Crippen LogP contribution in [0.2, 0.25) is 0 Å². The molecule has 1 rings (SSSR count). The number of rotatable bonds is 2. The quantitative estimate of drug-likeness (QED) is 0.609. The van der Waals surface area contributed by atoms with Gasteiger partial charge in [0.15, 0.2) is 0 Å². The summed E-state index contributed by atoms with van der Waals surface area (Å²) in [5, 5.41) is 4.09. The van der Waals surface area contributed by atoms with Crippen LogP contribution in [0.3, 0.4) is 0 Å². The molecule has 1 aromatic carbocycles. The van der Waals surface area contributed by atoms with E-state index in [-0.39, 0.29) is 0 Å². The van der Waals surface area contributed by atoms with Crippen LogP contribution < -0.4 is 5.32 Å². The van der Waals surface area contributed by atoms with Gasteiger partial charge >= 0.3 is 0 Å². The zero-order valence-corrected chi connectivity index (χ0v) is 7.39. The first-order chi connectivity index (χ1) is 5.22. The summed E-state index contributed by atoms with van der Waals surface area (Å²) < 4.78 is 0. The van der Waals surface area contributed by atoms with Crippen molar-refractivity contribution in [3.05, 3.63) is 34.9 Å². The molecule has 1 nitrogen and oxygen atoms in total. The Kier molecular flexibility index (Phi) is 2.66. The highest BCUT2D eigenvalue weighted by Gasteiger charge is 1.93. The lowest BCUT2D eigenvalue weighted by molar-refractivity contribution is 0.798.